The van der Waals surface area contributed by atoms with E-state index in [1.54, 1.807) is 22.9 Å². The van der Waals surface area contributed by atoms with Crippen LogP contribution in [-0.4, -0.2) is 35.4 Å². The minimum absolute atomic E-state index is 0.0461. The molecule has 158 valence electrons. The van der Waals surface area contributed by atoms with Crippen molar-refractivity contribution in [3.8, 4) is 0 Å². The van der Waals surface area contributed by atoms with Crippen LogP contribution >= 0.6 is 27.5 Å². The summed E-state index contributed by atoms with van der Waals surface area (Å²) in [6, 6.07) is 10.4. The molecule has 0 spiro atoms. The Labute approximate surface area is 187 Å². The van der Waals surface area contributed by atoms with Crippen molar-refractivity contribution in [3.05, 3.63) is 85.6 Å². The number of nitrogens with one attached hydrogen (secondary N) is 1. The first kappa shape index (κ1) is 20.8. The number of hydrogen-bond donors (Lipinski definition) is 1. The first-order chi connectivity index (χ1) is 14.9. The summed E-state index contributed by atoms with van der Waals surface area (Å²) in [6.07, 6.45) is 2.96. The molecule has 1 aromatic carbocycles. The average Bonchev–Trinajstić information content (AvgIpc) is 3.45. The summed E-state index contributed by atoms with van der Waals surface area (Å²) in [6.45, 7) is 0.587. The number of anilines is 1. The maximum Gasteiger partial charge on any atom is 0.404 e. The quantitative estimate of drug-likeness (QED) is 0.298. The van der Waals surface area contributed by atoms with E-state index in [4.69, 9.17) is 16.0 Å². The van der Waals surface area contributed by atoms with Crippen LogP contribution < -0.4 is 5.32 Å². The van der Waals surface area contributed by atoms with E-state index in [1.165, 1.54) is 23.3 Å². The van der Waals surface area contributed by atoms with Gasteiger partial charge in [-0.1, -0.05) is 23.7 Å². The molecule has 0 aliphatic heterocycles. The summed E-state index contributed by atoms with van der Waals surface area (Å²) in [7, 11) is 0. The lowest BCUT2D eigenvalue weighted by Crippen LogP contribution is -2.12. The number of hydrogen-bond acceptors (Lipinski definition) is 7. The van der Waals surface area contributed by atoms with E-state index in [1.807, 2.05) is 12.1 Å². The van der Waals surface area contributed by atoms with Gasteiger partial charge in [0.25, 0.3) is 5.91 Å². The van der Waals surface area contributed by atoms with E-state index < -0.39 is 10.8 Å². The van der Waals surface area contributed by atoms with E-state index in [0.717, 1.165) is 5.56 Å². The molecule has 0 saturated carbocycles. The van der Waals surface area contributed by atoms with Crippen LogP contribution in [0.1, 0.15) is 21.9 Å². The molecular formula is C18H13BrClN7O4. The summed E-state index contributed by atoms with van der Waals surface area (Å²) in [4.78, 5) is 26.8. The molecule has 0 unspecified atom stereocenters. The highest BCUT2D eigenvalue weighted by atomic mass is 79.9. The van der Waals surface area contributed by atoms with Crippen LogP contribution in [0.5, 0.6) is 0 Å². The molecule has 4 aromatic rings. The molecule has 0 aliphatic rings. The molecule has 13 heteroatoms. The van der Waals surface area contributed by atoms with Gasteiger partial charge < -0.3 is 14.5 Å². The van der Waals surface area contributed by atoms with Gasteiger partial charge in [0.15, 0.2) is 5.76 Å². The first-order valence-corrected chi connectivity index (χ1v) is 9.96. The molecule has 0 atom stereocenters. The lowest BCUT2D eigenvalue weighted by molar-refractivity contribution is -0.390. The van der Waals surface area contributed by atoms with Crippen LogP contribution in [0.2, 0.25) is 5.02 Å². The van der Waals surface area contributed by atoms with E-state index in [-0.39, 0.29) is 28.5 Å². The number of carbonyl (C=O) groups is 1. The van der Waals surface area contributed by atoms with Crippen molar-refractivity contribution in [2.45, 2.75) is 13.1 Å². The maximum atomic E-state index is 12.4. The van der Waals surface area contributed by atoms with Crippen molar-refractivity contribution in [1.29, 1.82) is 0 Å². The van der Waals surface area contributed by atoms with E-state index >= 15 is 0 Å². The number of benzene rings is 1. The van der Waals surface area contributed by atoms with Crippen molar-refractivity contribution < 1.29 is 14.1 Å². The lowest BCUT2D eigenvalue weighted by Gasteiger charge is -2.01. The number of nitro groups is 1. The average molecular weight is 507 g/mol. The number of carbonyl (C=O) groups excluding carboxylic acids is 1. The Bertz CT molecular complexity index is 1250. The molecule has 1 amide bonds. The van der Waals surface area contributed by atoms with Crippen molar-refractivity contribution in [1.82, 2.24) is 24.5 Å². The Morgan fingerprint density at radius 1 is 1.16 bits per heavy atom. The molecule has 0 radical (unpaired) electrons. The second-order valence-electron chi connectivity index (χ2n) is 6.37. The Morgan fingerprint density at radius 3 is 2.65 bits per heavy atom. The third-order valence-corrected chi connectivity index (χ3v) is 4.91. The first-order valence-electron chi connectivity index (χ1n) is 8.78. The van der Waals surface area contributed by atoms with Crippen LogP contribution in [0.15, 0.2) is 57.8 Å². The molecule has 0 saturated heterocycles. The van der Waals surface area contributed by atoms with Crippen LogP contribution in [0.25, 0.3) is 0 Å². The largest absolute Gasteiger partial charge is 0.454 e. The Balaban J connectivity index is 1.38. The van der Waals surface area contributed by atoms with Crippen molar-refractivity contribution in [2.75, 3.05) is 5.32 Å². The molecule has 31 heavy (non-hydrogen) atoms. The molecule has 0 fully saturated rings. The van der Waals surface area contributed by atoms with Gasteiger partial charge in [-0.25, -0.2) is 9.67 Å². The van der Waals surface area contributed by atoms with Gasteiger partial charge in [0.05, 0.1) is 17.8 Å². The van der Waals surface area contributed by atoms with Gasteiger partial charge in [-0.05, 0) is 50.7 Å². The van der Waals surface area contributed by atoms with Crippen LogP contribution in [-0.2, 0) is 13.1 Å². The lowest BCUT2D eigenvalue weighted by atomic mass is 10.2. The van der Waals surface area contributed by atoms with Crippen LogP contribution in [0.3, 0.4) is 0 Å². The molecular weight excluding hydrogens is 494 g/mol. The number of furan rings is 1. The minimum atomic E-state index is -0.597. The predicted molar refractivity (Wildman–Crippen MR) is 113 cm³/mol. The molecule has 3 heterocycles. The van der Waals surface area contributed by atoms with E-state index in [9.17, 15) is 14.9 Å². The third-order valence-electron chi connectivity index (χ3n) is 4.10. The monoisotopic (exact) mass is 505 g/mol. The number of halogens is 2. The SMILES string of the molecule is O=C(Nc1ncn(Cc2ccc(Cl)cc2)n1)c1ccc(Cn2cc(Br)c([N+](=O)[O-])n2)o1. The fourth-order valence-electron chi connectivity index (χ4n) is 2.70. The minimum Gasteiger partial charge on any atom is -0.454 e. The van der Waals surface area contributed by atoms with Gasteiger partial charge in [0.1, 0.15) is 23.1 Å². The standard InChI is InChI=1S/C18H13BrClN7O4/c19-14-9-25(23-16(14)27(29)30)8-13-5-6-15(31-13)17(28)22-18-21-10-26(24-18)7-11-1-3-12(20)4-2-11/h1-6,9-10H,7-8H2,(H,22,24,28). The normalized spacial score (nSPS) is 10.9. The molecule has 4 rings (SSSR count). The van der Waals surface area contributed by atoms with Crippen molar-refractivity contribution >= 4 is 45.2 Å². The number of rotatable bonds is 7. The highest BCUT2D eigenvalue weighted by Gasteiger charge is 2.20. The highest BCUT2D eigenvalue weighted by Crippen LogP contribution is 2.23. The van der Waals surface area contributed by atoms with Gasteiger partial charge in [-0.15, -0.1) is 5.10 Å². The summed E-state index contributed by atoms with van der Waals surface area (Å²) in [5.74, 6) is -0.252. The Morgan fingerprint density at radius 2 is 1.94 bits per heavy atom. The molecule has 0 aliphatic carbocycles. The number of aromatic nitrogens is 5. The second-order valence-corrected chi connectivity index (χ2v) is 7.66. The van der Waals surface area contributed by atoms with Crippen LogP contribution in [0.4, 0.5) is 11.8 Å². The topological polar surface area (TPSA) is 134 Å². The Hall–Kier alpha value is -3.51. The smallest absolute Gasteiger partial charge is 0.404 e. The van der Waals surface area contributed by atoms with Crippen LogP contribution in [0, 0.1) is 10.1 Å². The zero-order chi connectivity index (χ0) is 22.0. The fourth-order valence-corrected chi connectivity index (χ4v) is 3.29. The van der Waals surface area contributed by atoms with Gasteiger partial charge >= 0.3 is 5.82 Å². The highest BCUT2D eigenvalue weighted by molar-refractivity contribution is 9.10. The van der Waals surface area contributed by atoms with Gasteiger partial charge in [0.2, 0.25) is 5.95 Å². The Kier molecular flexibility index (Phi) is 5.82. The third kappa shape index (κ3) is 4.98. The van der Waals surface area contributed by atoms with Crippen molar-refractivity contribution in [3.63, 3.8) is 0 Å². The van der Waals surface area contributed by atoms with Gasteiger partial charge in [-0.2, -0.15) is 4.68 Å². The summed E-state index contributed by atoms with van der Waals surface area (Å²) in [5.41, 5.74) is 0.980. The number of nitrogens with zero attached hydrogens (tertiary/aromatic N) is 6. The zero-order valence-corrected chi connectivity index (χ0v) is 17.9. The van der Waals surface area contributed by atoms with E-state index in [2.05, 4.69) is 36.4 Å². The molecule has 3 aromatic heterocycles. The summed E-state index contributed by atoms with van der Waals surface area (Å²) in [5, 5.41) is 22.1. The molecule has 11 nitrogen and oxygen atoms in total. The number of amides is 1. The fraction of sp³-hybridized carbons (Fsp3) is 0.111. The van der Waals surface area contributed by atoms with E-state index in [0.29, 0.717) is 17.3 Å². The maximum absolute atomic E-state index is 12.4. The second kappa shape index (κ2) is 8.70. The van der Waals surface area contributed by atoms with Gasteiger partial charge in [0, 0.05) is 5.02 Å². The zero-order valence-electron chi connectivity index (χ0n) is 15.6. The molecule has 0 bridgehead atoms. The summed E-state index contributed by atoms with van der Waals surface area (Å²) < 4.78 is 8.68. The molecule has 1 N–H and O–H groups in total. The van der Waals surface area contributed by atoms with Crippen molar-refractivity contribution in [2.24, 2.45) is 0 Å². The van der Waals surface area contributed by atoms with Gasteiger partial charge in [-0.3, -0.25) is 10.1 Å². The summed E-state index contributed by atoms with van der Waals surface area (Å²) >= 11 is 8.96. The predicted octanol–water partition coefficient (Wildman–Crippen LogP) is 3.74.